The molecule has 0 aliphatic heterocycles. The SMILES string of the molecule is CC(C)(C)c1ccccc1Oc1ccc(Cl)c(CO)n1. The van der Waals surface area contributed by atoms with Crippen molar-refractivity contribution in [1.82, 2.24) is 4.98 Å². The van der Waals surface area contributed by atoms with Crippen LogP contribution in [-0.2, 0) is 12.0 Å². The Labute approximate surface area is 124 Å². The minimum absolute atomic E-state index is 0.0250. The minimum atomic E-state index is -0.211. The summed E-state index contributed by atoms with van der Waals surface area (Å²) < 4.78 is 5.85. The van der Waals surface area contributed by atoms with E-state index in [-0.39, 0.29) is 12.0 Å². The summed E-state index contributed by atoms with van der Waals surface area (Å²) in [6.07, 6.45) is 0. The van der Waals surface area contributed by atoms with Crippen molar-refractivity contribution < 1.29 is 9.84 Å². The summed E-state index contributed by atoms with van der Waals surface area (Å²) in [7, 11) is 0. The number of hydrogen-bond donors (Lipinski definition) is 1. The first kappa shape index (κ1) is 14.8. The third kappa shape index (κ3) is 3.30. The highest BCUT2D eigenvalue weighted by Crippen LogP contribution is 2.33. The number of hydrogen-bond acceptors (Lipinski definition) is 3. The van der Waals surface area contributed by atoms with Gasteiger partial charge in [0, 0.05) is 11.6 Å². The number of para-hydroxylation sites is 1. The predicted molar refractivity (Wildman–Crippen MR) is 80.4 cm³/mol. The Morgan fingerprint density at radius 2 is 1.85 bits per heavy atom. The maximum Gasteiger partial charge on any atom is 0.219 e. The van der Waals surface area contributed by atoms with E-state index in [1.54, 1.807) is 12.1 Å². The molecule has 20 heavy (non-hydrogen) atoms. The molecule has 4 heteroatoms. The summed E-state index contributed by atoms with van der Waals surface area (Å²) in [4.78, 5) is 4.21. The van der Waals surface area contributed by atoms with Crippen molar-refractivity contribution >= 4 is 11.6 Å². The van der Waals surface area contributed by atoms with Gasteiger partial charge in [0.25, 0.3) is 0 Å². The second-order valence-electron chi connectivity index (χ2n) is 5.58. The van der Waals surface area contributed by atoms with Crippen molar-refractivity contribution in [3.63, 3.8) is 0 Å². The molecule has 3 nitrogen and oxygen atoms in total. The number of pyridine rings is 1. The van der Waals surface area contributed by atoms with Gasteiger partial charge in [-0.3, -0.25) is 0 Å². The number of nitrogens with zero attached hydrogens (tertiary/aromatic N) is 1. The van der Waals surface area contributed by atoms with Crippen molar-refractivity contribution in [3.8, 4) is 11.6 Å². The largest absolute Gasteiger partial charge is 0.439 e. The van der Waals surface area contributed by atoms with Crippen LogP contribution in [0.15, 0.2) is 36.4 Å². The zero-order valence-electron chi connectivity index (χ0n) is 11.9. The van der Waals surface area contributed by atoms with E-state index in [1.807, 2.05) is 24.3 Å². The first-order chi connectivity index (χ1) is 9.41. The van der Waals surface area contributed by atoms with Gasteiger partial charge >= 0.3 is 0 Å². The van der Waals surface area contributed by atoms with Crippen LogP contribution in [0.4, 0.5) is 0 Å². The van der Waals surface area contributed by atoms with Gasteiger partial charge in [0.2, 0.25) is 5.88 Å². The van der Waals surface area contributed by atoms with Gasteiger partial charge in [0.05, 0.1) is 17.3 Å². The maximum atomic E-state index is 9.19. The first-order valence-corrected chi connectivity index (χ1v) is 6.83. The fourth-order valence-corrected chi connectivity index (χ4v) is 2.08. The highest BCUT2D eigenvalue weighted by molar-refractivity contribution is 6.31. The van der Waals surface area contributed by atoms with E-state index in [1.165, 1.54) is 0 Å². The minimum Gasteiger partial charge on any atom is -0.439 e. The molecular weight excluding hydrogens is 274 g/mol. The van der Waals surface area contributed by atoms with E-state index in [0.717, 1.165) is 11.3 Å². The number of aliphatic hydroxyl groups excluding tert-OH is 1. The van der Waals surface area contributed by atoms with Crippen LogP contribution in [0.2, 0.25) is 5.02 Å². The van der Waals surface area contributed by atoms with Crippen molar-refractivity contribution in [2.24, 2.45) is 0 Å². The van der Waals surface area contributed by atoms with Gasteiger partial charge in [-0.2, -0.15) is 0 Å². The standard InChI is InChI=1S/C16H18ClNO2/c1-16(2,3)11-6-4-5-7-14(11)20-15-9-8-12(17)13(10-19)18-15/h4-9,19H,10H2,1-3H3. The number of benzene rings is 1. The Balaban J connectivity index is 2.36. The Bertz CT molecular complexity index is 606. The molecule has 0 saturated heterocycles. The van der Waals surface area contributed by atoms with Crippen LogP contribution in [0, 0.1) is 0 Å². The first-order valence-electron chi connectivity index (χ1n) is 6.45. The zero-order valence-corrected chi connectivity index (χ0v) is 12.6. The maximum absolute atomic E-state index is 9.19. The number of ether oxygens (including phenoxy) is 1. The lowest BCUT2D eigenvalue weighted by atomic mass is 9.86. The number of halogens is 1. The molecule has 2 rings (SSSR count). The molecule has 1 aromatic carbocycles. The average molecular weight is 292 g/mol. The van der Waals surface area contributed by atoms with Crippen molar-refractivity contribution in [3.05, 3.63) is 52.7 Å². The highest BCUT2D eigenvalue weighted by Gasteiger charge is 2.19. The average Bonchev–Trinajstić information content (AvgIpc) is 2.40. The lowest BCUT2D eigenvalue weighted by molar-refractivity contribution is 0.275. The van der Waals surface area contributed by atoms with E-state index < -0.39 is 0 Å². The van der Waals surface area contributed by atoms with Crippen LogP contribution in [0.1, 0.15) is 32.0 Å². The quantitative estimate of drug-likeness (QED) is 0.916. The molecule has 0 spiro atoms. The Morgan fingerprint density at radius 1 is 1.15 bits per heavy atom. The fraction of sp³-hybridized carbons (Fsp3) is 0.312. The predicted octanol–water partition coefficient (Wildman–Crippen LogP) is 4.32. The topological polar surface area (TPSA) is 42.4 Å². The lowest BCUT2D eigenvalue weighted by Gasteiger charge is -2.22. The van der Waals surface area contributed by atoms with E-state index in [9.17, 15) is 5.11 Å². The van der Waals surface area contributed by atoms with Crippen molar-refractivity contribution in [2.75, 3.05) is 0 Å². The van der Waals surface area contributed by atoms with Gasteiger partial charge in [0.15, 0.2) is 0 Å². The fourth-order valence-electron chi connectivity index (χ4n) is 1.92. The van der Waals surface area contributed by atoms with Gasteiger partial charge in [-0.1, -0.05) is 50.6 Å². The van der Waals surface area contributed by atoms with Crippen LogP contribution in [0.5, 0.6) is 11.6 Å². The zero-order chi connectivity index (χ0) is 14.8. The van der Waals surface area contributed by atoms with E-state index in [2.05, 4.69) is 25.8 Å². The summed E-state index contributed by atoms with van der Waals surface area (Å²) in [5.41, 5.74) is 1.49. The molecule has 0 unspecified atom stereocenters. The van der Waals surface area contributed by atoms with Crippen LogP contribution < -0.4 is 4.74 Å². The van der Waals surface area contributed by atoms with Gasteiger partial charge < -0.3 is 9.84 Å². The molecule has 0 fully saturated rings. The normalized spacial score (nSPS) is 11.4. The summed E-state index contributed by atoms with van der Waals surface area (Å²) in [5, 5.41) is 9.62. The van der Waals surface area contributed by atoms with E-state index in [4.69, 9.17) is 16.3 Å². The molecule has 2 aromatic rings. The second-order valence-corrected chi connectivity index (χ2v) is 5.99. The molecule has 0 aliphatic carbocycles. The third-order valence-electron chi connectivity index (χ3n) is 2.95. The monoisotopic (exact) mass is 291 g/mol. The Kier molecular flexibility index (Phi) is 4.31. The van der Waals surface area contributed by atoms with Crippen LogP contribution in [0.25, 0.3) is 0 Å². The van der Waals surface area contributed by atoms with Crippen LogP contribution in [0.3, 0.4) is 0 Å². The molecule has 1 aromatic heterocycles. The van der Waals surface area contributed by atoms with Crippen molar-refractivity contribution in [1.29, 1.82) is 0 Å². The molecule has 0 amide bonds. The molecule has 1 heterocycles. The number of aromatic nitrogens is 1. The summed E-state index contributed by atoms with van der Waals surface area (Å²) in [6, 6.07) is 11.2. The smallest absolute Gasteiger partial charge is 0.219 e. The highest BCUT2D eigenvalue weighted by atomic mass is 35.5. The summed E-state index contributed by atoms with van der Waals surface area (Å²) in [6.45, 7) is 6.17. The molecule has 0 aliphatic rings. The molecule has 0 bridgehead atoms. The van der Waals surface area contributed by atoms with Gasteiger partial charge in [-0.15, -0.1) is 0 Å². The second kappa shape index (κ2) is 5.81. The lowest BCUT2D eigenvalue weighted by Crippen LogP contribution is -2.12. The van der Waals surface area contributed by atoms with Gasteiger partial charge in [0.1, 0.15) is 5.75 Å². The molecular formula is C16H18ClNO2. The number of rotatable bonds is 3. The molecule has 0 atom stereocenters. The Hall–Kier alpha value is -1.58. The third-order valence-corrected chi connectivity index (χ3v) is 3.30. The summed E-state index contributed by atoms with van der Waals surface area (Å²) >= 11 is 5.93. The summed E-state index contributed by atoms with van der Waals surface area (Å²) in [5.74, 6) is 1.19. The molecule has 1 N–H and O–H groups in total. The molecule has 0 radical (unpaired) electrons. The van der Waals surface area contributed by atoms with Gasteiger partial charge in [-0.05, 0) is 17.5 Å². The van der Waals surface area contributed by atoms with Crippen molar-refractivity contribution in [2.45, 2.75) is 32.8 Å². The van der Waals surface area contributed by atoms with Crippen LogP contribution in [-0.4, -0.2) is 10.1 Å². The number of aliphatic hydroxyl groups is 1. The van der Waals surface area contributed by atoms with Gasteiger partial charge in [-0.25, -0.2) is 4.98 Å². The Morgan fingerprint density at radius 3 is 2.50 bits per heavy atom. The van der Waals surface area contributed by atoms with Crippen LogP contribution >= 0.6 is 11.6 Å². The van der Waals surface area contributed by atoms with E-state index >= 15 is 0 Å². The molecule has 106 valence electrons. The molecule has 0 saturated carbocycles. The van der Waals surface area contributed by atoms with E-state index in [0.29, 0.717) is 16.6 Å².